The molecule has 3 rings (SSSR count). The molecule has 3 aromatic carbocycles. The Labute approximate surface area is 148 Å². The van der Waals surface area contributed by atoms with Crippen molar-refractivity contribution in [3.63, 3.8) is 0 Å². The largest absolute Gasteiger partial charge is 0.573 e. The Kier molecular flexibility index (Phi) is 4.60. The van der Waals surface area contributed by atoms with Gasteiger partial charge in [-0.2, -0.15) is 0 Å². The van der Waals surface area contributed by atoms with Crippen molar-refractivity contribution in [3.05, 3.63) is 65.5 Å². The van der Waals surface area contributed by atoms with Gasteiger partial charge in [-0.1, -0.05) is 43.2 Å². The minimum atomic E-state index is -4.83. The number of terminal acetylenes is 1. The Morgan fingerprint density at radius 3 is 2.42 bits per heavy atom. The first-order valence-electron chi connectivity index (χ1n) is 7.90. The van der Waals surface area contributed by atoms with Crippen LogP contribution in [0.1, 0.15) is 18.1 Å². The molecule has 0 aliphatic carbocycles. The van der Waals surface area contributed by atoms with Crippen LogP contribution >= 0.6 is 0 Å². The molecule has 0 N–H and O–H groups in total. The molecule has 0 atom stereocenters. The first-order valence-corrected chi connectivity index (χ1v) is 7.90. The fourth-order valence-electron chi connectivity index (χ4n) is 2.85. The molecule has 0 bridgehead atoms. The zero-order chi connectivity index (χ0) is 18.9. The van der Waals surface area contributed by atoms with Crippen molar-refractivity contribution < 1.29 is 22.3 Å². The maximum atomic E-state index is 14.3. The number of halogens is 4. The third kappa shape index (κ3) is 3.50. The molecule has 0 saturated heterocycles. The molecule has 3 aromatic rings. The highest BCUT2D eigenvalue weighted by atomic mass is 19.4. The number of hydrogen-bond acceptors (Lipinski definition) is 1. The standard InChI is InChI=1S/C21H14F4O/c1-3-13-5-8-18(19(22)11-13)15-6-9-17-14(12-15)7-10-20(16(17)4-2)26-21(23,24)25/h2,5-12H,3H2,1H3. The van der Waals surface area contributed by atoms with Gasteiger partial charge in [0.05, 0.1) is 5.56 Å². The molecule has 132 valence electrons. The summed E-state index contributed by atoms with van der Waals surface area (Å²) in [5, 5.41) is 1.03. The predicted molar refractivity (Wildman–Crippen MR) is 93.3 cm³/mol. The number of alkyl halides is 3. The molecule has 0 saturated carbocycles. The highest BCUT2D eigenvalue weighted by Crippen LogP contribution is 2.34. The van der Waals surface area contributed by atoms with Crippen molar-refractivity contribution in [1.82, 2.24) is 0 Å². The van der Waals surface area contributed by atoms with Crippen molar-refractivity contribution in [2.75, 3.05) is 0 Å². The molecule has 0 amide bonds. The Morgan fingerprint density at radius 2 is 1.81 bits per heavy atom. The van der Waals surface area contributed by atoms with Crippen molar-refractivity contribution >= 4 is 10.8 Å². The second-order valence-corrected chi connectivity index (χ2v) is 5.73. The van der Waals surface area contributed by atoms with Gasteiger partial charge in [0.1, 0.15) is 11.6 Å². The summed E-state index contributed by atoms with van der Waals surface area (Å²) in [7, 11) is 0. The van der Waals surface area contributed by atoms with E-state index in [0.29, 0.717) is 21.9 Å². The van der Waals surface area contributed by atoms with Crippen molar-refractivity contribution in [3.8, 4) is 29.2 Å². The SMILES string of the molecule is C#Cc1c(OC(F)(F)F)ccc2cc(-c3ccc(CC)cc3F)ccc12. The Balaban J connectivity index is 2.11. The number of hydrogen-bond donors (Lipinski definition) is 0. The summed E-state index contributed by atoms with van der Waals surface area (Å²) in [5.41, 5.74) is 1.93. The lowest BCUT2D eigenvalue weighted by Gasteiger charge is -2.13. The summed E-state index contributed by atoms with van der Waals surface area (Å²) in [4.78, 5) is 0. The van der Waals surface area contributed by atoms with E-state index in [1.807, 2.05) is 13.0 Å². The number of rotatable bonds is 3. The quantitative estimate of drug-likeness (QED) is 0.407. The van der Waals surface area contributed by atoms with E-state index in [-0.39, 0.29) is 11.4 Å². The molecule has 0 spiro atoms. The van der Waals surface area contributed by atoms with Gasteiger partial charge in [0.2, 0.25) is 0 Å². The van der Waals surface area contributed by atoms with E-state index < -0.39 is 12.1 Å². The zero-order valence-corrected chi connectivity index (χ0v) is 13.8. The van der Waals surface area contributed by atoms with Gasteiger partial charge >= 0.3 is 6.36 Å². The van der Waals surface area contributed by atoms with Crippen molar-refractivity contribution in [2.45, 2.75) is 19.7 Å². The third-order valence-corrected chi connectivity index (χ3v) is 4.10. The van der Waals surface area contributed by atoms with Gasteiger partial charge in [0, 0.05) is 10.9 Å². The van der Waals surface area contributed by atoms with Crippen LogP contribution < -0.4 is 4.74 Å². The molecule has 0 heterocycles. The Bertz CT molecular complexity index is 1010. The molecule has 0 aliphatic heterocycles. The van der Waals surface area contributed by atoms with Gasteiger partial charge in [-0.3, -0.25) is 0 Å². The molecule has 5 heteroatoms. The Hall–Kier alpha value is -3.00. The summed E-state index contributed by atoms with van der Waals surface area (Å²) >= 11 is 0. The van der Waals surface area contributed by atoms with Gasteiger partial charge in [-0.25, -0.2) is 4.39 Å². The van der Waals surface area contributed by atoms with Crippen LogP contribution in [-0.4, -0.2) is 6.36 Å². The molecule has 0 unspecified atom stereocenters. The van der Waals surface area contributed by atoms with Crippen LogP contribution in [0.2, 0.25) is 0 Å². The average molecular weight is 358 g/mol. The van der Waals surface area contributed by atoms with Crippen LogP contribution in [-0.2, 0) is 6.42 Å². The second kappa shape index (κ2) is 6.72. The van der Waals surface area contributed by atoms with E-state index in [0.717, 1.165) is 12.0 Å². The predicted octanol–water partition coefficient (Wildman–Crippen LogP) is 6.09. The molecule has 1 nitrogen and oxygen atoms in total. The zero-order valence-electron chi connectivity index (χ0n) is 13.8. The topological polar surface area (TPSA) is 9.23 Å². The summed E-state index contributed by atoms with van der Waals surface area (Å²) in [6.45, 7) is 1.94. The van der Waals surface area contributed by atoms with Gasteiger partial charge in [0.15, 0.2) is 0 Å². The summed E-state index contributed by atoms with van der Waals surface area (Å²) in [6.07, 6.45) is 1.28. The Morgan fingerprint density at radius 1 is 1.04 bits per heavy atom. The van der Waals surface area contributed by atoms with E-state index >= 15 is 0 Å². The summed E-state index contributed by atoms with van der Waals surface area (Å²) in [5.74, 6) is 1.47. The smallest absolute Gasteiger partial charge is 0.404 e. The molecule has 0 aliphatic rings. The van der Waals surface area contributed by atoms with Gasteiger partial charge < -0.3 is 4.74 Å². The molecule has 26 heavy (non-hydrogen) atoms. The molecular formula is C21H14F4O. The molecule has 0 radical (unpaired) electrons. The van der Waals surface area contributed by atoms with Crippen molar-refractivity contribution in [1.29, 1.82) is 0 Å². The minimum absolute atomic E-state index is 0.00757. The van der Waals surface area contributed by atoms with Crippen LogP contribution in [0.25, 0.3) is 21.9 Å². The highest BCUT2D eigenvalue weighted by molar-refractivity contribution is 5.93. The number of fused-ring (bicyclic) bond motifs is 1. The van der Waals surface area contributed by atoms with E-state index in [9.17, 15) is 17.6 Å². The first-order chi connectivity index (χ1) is 12.3. The fraction of sp³-hybridized carbons (Fsp3) is 0.143. The van der Waals surface area contributed by atoms with Crippen LogP contribution in [0.5, 0.6) is 5.75 Å². The second-order valence-electron chi connectivity index (χ2n) is 5.73. The lowest BCUT2D eigenvalue weighted by molar-refractivity contribution is -0.274. The number of benzene rings is 3. The van der Waals surface area contributed by atoms with Gasteiger partial charge in [-0.05, 0) is 41.1 Å². The minimum Gasteiger partial charge on any atom is -0.404 e. The van der Waals surface area contributed by atoms with Crippen LogP contribution in [0.15, 0.2) is 48.5 Å². The van der Waals surface area contributed by atoms with Gasteiger partial charge in [0.25, 0.3) is 0 Å². The first kappa shape index (κ1) is 17.8. The third-order valence-electron chi connectivity index (χ3n) is 4.10. The highest BCUT2D eigenvalue weighted by Gasteiger charge is 2.32. The summed E-state index contributed by atoms with van der Waals surface area (Å²) in [6, 6.07) is 12.6. The lowest BCUT2D eigenvalue weighted by Crippen LogP contribution is -2.17. The maximum Gasteiger partial charge on any atom is 0.573 e. The lowest BCUT2D eigenvalue weighted by atomic mass is 9.97. The van der Waals surface area contributed by atoms with Crippen molar-refractivity contribution in [2.24, 2.45) is 0 Å². The van der Waals surface area contributed by atoms with E-state index in [1.54, 1.807) is 24.3 Å². The number of ether oxygens (including phenoxy) is 1. The monoisotopic (exact) mass is 358 g/mol. The van der Waals surface area contributed by atoms with E-state index in [4.69, 9.17) is 6.42 Å². The average Bonchev–Trinajstić information content (AvgIpc) is 2.59. The fourth-order valence-corrected chi connectivity index (χ4v) is 2.85. The normalized spacial score (nSPS) is 11.4. The van der Waals surface area contributed by atoms with E-state index in [2.05, 4.69) is 10.7 Å². The molecule has 0 aromatic heterocycles. The van der Waals surface area contributed by atoms with Crippen LogP contribution in [0.3, 0.4) is 0 Å². The van der Waals surface area contributed by atoms with Crippen LogP contribution in [0.4, 0.5) is 17.6 Å². The van der Waals surface area contributed by atoms with E-state index in [1.165, 1.54) is 18.2 Å². The summed E-state index contributed by atoms with van der Waals surface area (Å²) < 4.78 is 55.9. The van der Waals surface area contributed by atoms with Gasteiger partial charge in [-0.15, -0.1) is 19.6 Å². The molecular weight excluding hydrogens is 344 g/mol. The number of aryl methyl sites for hydroxylation is 1. The maximum absolute atomic E-state index is 14.3. The molecule has 0 fully saturated rings. The van der Waals surface area contributed by atoms with Crippen LogP contribution in [0, 0.1) is 18.2 Å².